The van der Waals surface area contributed by atoms with Crippen LogP contribution in [0.15, 0.2) is 18.2 Å². The Balaban J connectivity index is 2.53. The first-order chi connectivity index (χ1) is 9.96. The van der Waals surface area contributed by atoms with Gasteiger partial charge in [-0.3, -0.25) is 13.8 Å². The zero-order valence-electron chi connectivity index (χ0n) is 11.8. The van der Waals surface area contributed by atoms with Crippen molar-refractivity contribution in [3.8, 4) is 11.5 Å². The van der Waals surface area contributed by atoms with Crippen molar-refractivity contribution in [2.45, 2.75) is 6.54 Å². The molecule has 0 fully saturated rings. The number of rotatable bonds is 8. The third-order valence-corrected chi connectivity index (χ3v) is 3.67. The molecule has 21 heavy (non-hydrogen) atoms. The van der Waals surface area contributed by atoms with Crippen LogP contribution in [-0.4, -0.2) is 46.9 Å². The quantitative estimate of drug-likeness (QED) is 0.708. The number of hydrogen-bond acceptors (Lipinski definition) is 5. The van der Waals surface area contributed by atoms with Gasteiger partial charge in [0.1, 0.15) is 11.5 Å². The minimum Gasteiger partial charge on any atom is -0.493 e. The molecule has 0 aliphatic carbocycles. The van der Waals surface area contributed by atoms with E-state index >= 15 is 0 Å². The molecule has 0 aliphatic rings. The van der Waals surface area contributed by atoms with Crippen molar-refractivity contribution in [2.24, 2.45) is 0 Å². The fourth-order valence-corrected chi connectivity index (χ4v) is 2.35. The van der Waals surface area contributed by atoms with Gasteiger partial charge in [-0.15, -0.1) is 0 Å². The molecule has 0 spiro atoms. The summed E-state index contributed by atoms with van der Waals surface area (Å²) in [5.74, 6) is -1.41. The zero-order valence-corrected chi connectivity index (χ0v) is 12.6. The SMILES string of the molecule is COc1ccc(CNC(=O)C[S@@](=O)CC(=O)O)cc1OC. The Bertz CT molecular complexity index is 545. The molecular formula is C13H17NO6S. The van der Waals surface area contributed by atoms with Gasteiger partial charge in [0.2, 0.25) is 5.91 Å². The maximum absolute atomic E-state index is 11.5. The van der Waals surface area contributed by atoms with E-state index in [0.29, 0.717) is 11.5 Å². The number of hydrogen-bond donors (Lipinski definition) is 2. The summed E-state index contributed by atoms with van der Waals surface area (Å²) in [4.78, 5) is 21.9. The molecule has 1 aromatic carbocycles. The fraction of sp³-hybridized carbons (Fsp3) is 0.385. The molecule has 0 radical (unpaired) electrons. The van der Waals surface area contributed by atoms with Crippen molar-refractivity contribution in [2.75, 3.05) is 25.7 Å². The summed E-state index contributed by atoms with van der Waals surface area (Å²) in [6, 6.07) is 5.19. The molecule has 0 bridgehead atoms. The van der Waals surface area contributed by atoms with Gasteiger partial charge in [-0.05, 0) is 17.7 Å². The molecule has 0 heterocycles. The maximum atomic E-state index is 11.5. The highest BCUT2D eigenvalue weighted by atomic mass is 32.2. The molecular weight excluding hydrogens is 298 g/mol. The van der Waals surface area contributed by atoms with Crippen LogP contribution >= 0.6 is 0 Å². The van der Waals surface area contributed by atoms with Crippen LogP contribution in [0.3, 0.4) is 0 Å². The van der Waals surface area contributed by atoms with Crippen molar-refractivity contribution >= 4 is 22.7 Å². The number of aliphatic carboxylic acids is 1. The Morgan fingerprint density at radius 3 is 2.43 bits per heavy atom. The van der Waals surface area contributed by atoms with Crippen molar-refractivity contribution in [3.05, 3.63) is 23.8 Å². The van der Waals surface area contributed by atoms with Crippen molar-refractivity contribution in [1.82, 2.24) is 5.32 Å². The molecule has 1 atom stereocenters. The second-order valence-corrected chi connectivity index (χ2v) is 5.55. The van der Waals surface area contributed by atoms with Crippen molar-refractivity contribution in [3.63, 3.8) is 0 Å². The predicted molar refractivity (Wildman–Crippen MR) is 76.9 cm³/mol. The molecule has 7 nitrogen and oxygen atoms in total. The highest BCUT2D eigenvalue weighted by Crippen LogP contribution is 2.27. The van der Waals surface area contributed by atoms with E-state index in [9.17, 15) is 13.8 Å². The number of carboxylic acids is 1. The molecule has 0 unspecified atom stereocenters. The topological polar surface area (TPSA) is 102 Å². The van der Waals surface area contributed by atoms with Gasteiger partial charge in [0, 0.05) is 17.3 Å². The van der Waals surface area contributed by atoms with Crippen LogP contribution in [0, 0.1) is 0 Å². The van der Waals surface area contributed by atoms with Crippen LogP contribution in [0.1, 0.15) is 5.56 Å². The lowest BCUT2D eigenvalue weighted by Crippen LogP contribution is -2.29. The van der Waals surface area contributed by atoms with E-state index in [2.05, 4.69) is 5.32 Å². The van der Waals surface area contributed by atoms with Crippen LogP contribution in [0.2, 0.25) is 0 Å². The lowest BCUT2D eigenvalue weighted by Gasteiger charge is -2.10. The van der Waals surface area contributed by atoms with E-state index in [1.165, 1.54) is 14.2 Å². The average molecular weight is 315 g/mol. The number of carbonyl (C=O) groups is 2. The number of carboxylic acid groups (broad SMARTS) is 1. The van der Waals surface area contributed by atoms with Crippen LogP contribution < -0.4 is 14.8 Å². The lowest BCUT2D eigenvalue weighted by atomic mass is 10.2. The second kappa shape index (κ2) is 8.25. The van der Waals surface area contributed by atoms with E-state index in [1.54, 1.807) is 18.2 Å². The number of methoxy groups -OCH3 is 2. The van der Waals surface area contributed by atoms with Crippen LogP contribution in [0.25, 0.3) is 0 Å². The van der Waals surface area contributed by atoms with E-state index < -0.39 is 28.4 Å². The Hall–Kier alpha value is -2.09. The van der Waals surface area contributed by atoms with Crippen molar-refractivity contribution in [1.29, 1.82) is 0 Å². The highest BCUT2D eigenvalue weighted by Gasteiger charge is 2.11. The van der Waals surface area contributed by atoms with Gasteiger partial charge in [-0.2, -0.15) is 0 Å². The highest BCUT2D eigenvalue weighted by molar-refractivity contribution is 7.86. The standard InChI is InChI=1S/C13H17NO6S/c1-19-10-4-3-9(5-11(10)20-2)6-14-12(15)7-21(18)8-13(16)17/h3-5H,6-8H2,1-2H3,(H,14,15)(H,16,17)/t21-/m1/s1. The minimum atomic E-state index is -1.71. The van der Waals surface area contributed by atoms with E-state index in [0.717, 1.165) is 5.56 Å². The van der Waals surface area contributed by atoms with Gasteiger partial charge in [0.25, 0.3) is 0 Å². The molecule has 0 aromatic heterocycles. The summed E-state index contributed by atoms with van der Waals surface area (Å²) in [7, 11) is 1.33. The summed E-state index contributed by atoms with van der Waals surface area (Å²) in [5.41, 5.74) is 0.782. The molecule has 0 saturated heterocycles. The van der Waals surface area contributed by atoms with Gasteiger partial charge in [-0.1, -0.05) is 6.07 Å². The molecule has 116 valence electrons. The summed E-state index contributed by atoms with van der Waals surface area (Å²) < 4.78 is 21.5. The number of benzene rings is 1. The fourth-order valence-electron chi connectivity index (χ4n) is 1.58. The molecule has 0 saturated carbocycles. The van der Waals surface area contributed by atoms with Gasteiger partial charge in [0.15, 0.2) is 11.5 Å². The number of nitrogens with one attached hydrogen (secondary N) is 1. The normalized spacial score (nSPS) is 11.5. The molecule has 8 heteroatoms. The monoisotopic (exact) mass is 315 g/mol. The molecule has 0 aliphatic heterocycles. The van der Waals surface area contributed by atoms with Crippen LogP contribution in [0.4, 0.5) is 0 Å². The Kier molecular flexibility index (Phi) is 6.67. The first kappa shape index (κ1) is 17.0. The van der Waals surface area contributed by atoms with E-state index in [4.69, 9.17) is 14.6 Å². The second-order valence-electron chi connectivity index (χ2n) is 4.09. The van der Waals surface area contributed by atoms with E-state index in [1.807, 2.05) is 0 Å². The maximum Gasteiger partial charge on any atom is 0.316 e. The average Bonchev–Trinajstić information content (AvgIpc) is 2.43. The van der Waals surface area contributed by atoms with Gasteiger partial charge >= 0.3 is 5.97 Å². The zero-order chi connectivity index (χ0) is 15.8. The predicted octanol–water partition coefficient (Wildman–Crippen LogP) is 0.153. The summed E-state index contributed by atoms with van der Waals surface area (Å²) >= 11 is 0. The van der Waals surface area contributed by atoms with E-state index in [-0.39, 0.29) is 12.3 Å². The summed E-state index contributed by atoms with van der Waals surface area (Å²) in [6.45, 7) is 0.226. The van der Waals surface area contributed by atoms with Crippen molar-refractivity contribution < 1.29 is 28.4 Å². The Labute approximate surface area is 124 Å². The Morgan fingerprint density at radius 2 is 1.86 bits per heavy atom. The first-order valence-corrected chi connectivity index (χ1v) is 7.49. The number of ether oxygens (including phenoxy) is 2. The minimum absolute atomic E-state index is 0.226. The lowest BCUT2D eigenvalue weighted by molar-refractivity contribution is -0.133. The smallest absolute Gasteiger partial charge is 0.316 e. The van der Waals surface area contributed by atoms with Gasteiger partial charge in [-0.25, -0.2) is 0 Å². The number of carbonyl (C=O) groups excluding carboxylic acids is 1. The molecule has 1 amide bonds. The first-order valence-electron chi connectivity index (χ1n) is 6.00. The molecule has 1 aromatic rings. The largest absolute Gasteiger partial charge is 0.493 e. The third-order valence-electron chi connectivity index (χ3n) is 2.51. The third kappa shape index (κ3) is 5.82. The number of amides is 1. The molecule has 1 rings (SSSR count). The van der Waals surface area contributed by atoms with Crippen LogP contribution in [-0.2, 0) is 26.9 Å². The van der Waals surface area contributed by atoms with Crippen LogP contribution in [0.5, 0.6) is 11.5 Å². The summed E-state index contributed by atoms with van der Waals surface area (Å²) in [6.07, 6.45) is 0. The van der Waals surface area contributed by atoms with Gasteiger partial charge < -0.3 is 19.9 Å². The summed E-state index contributed by atoms with van der Waals surface area (Å²) in [5, 5.41) is 11.0. The Morgan fingerprint density at radius 1 is 1.19 bits per heavy atom. The molecule has 2 N–H and O–H groups in total. The van der Waals surface area contributed by atoms with Gasteiger partial charge in [0.05, 0.1) is 14.2 Å².